The lowest BCUT2D eigenvalue weighted by molar-refractivity contribution is 0.182. The van der Waals surface area contributed by atoms with Gasteiger partial charge in [0.1, 0.15) is 0 Å². The van der Waals surface area contributed by atoms with Crippen LogP contribution in [-0.2, 0) is 0 Å². The van der Waals surface area contributed by atoms with Gasteiger partial charge in [-0.25, -0.2) is 0 Å². The monoisotopic (exact) mass is 185 g/mol. The standard InChI is InChI=1S/C10H21N.C2H6/c1-3-4-7-11-8-5-6-10(2)9-11;1-2/h10H,3-9H2,1-2H3;1-2H3. The van der Waals surface area contributed by atoms with Crippen LogP contribution in [0.1, 0.15) is 53.4 Å². The Morgan fingerprint density at radius 3 is 2.54 bits per heavy atom. The minimum absolute atomic E-state index is 0.945. The van der Waals surface area contributed by atoms with Crippen LogP contribution >= 0.6 is 0 Å². The number of unbranched alkanes of at least 4 members (excludes halogenated alkanes) is 1. The second-order valence-electron chi connectivity index (χ2n) is 3.90. The Bertz CT molecular complexity index is 101. The van der Waals surface area contributed by atoms with Crippen molar-refractivity contribution in [2.45, 2.75) is 53.4 Å². The lowest BCUT2D eigenvalue weighted by Crippen LogP contribution is -2.34. The number of piperidine rings is 1. The van der Waals surface area contributed by atoms with Crippen LogP contribution in [0.15, 0.2) is 0 Å². The zero-order valence-corrected chi connectivity index (χ0v) is 9.97. The molecule has 0 spiro atoms. The third kappa shape index (κ3) is 6.09. The Kier molecular flexibility index (Phi) is 8.53. The maximum absolute atomic E-state index is 2.62. The van der Waals surface area contributed by atoms with Crippen molar-refractivity contribution < 1.29 is 0 Å². The summed E-state index contributed by atoms with van der Waals surface area (Å²) in [7, 11) is 0. The van der Waals surface area contributed by atoms with Gasteiger partial charge in [-0.05, 0) is 38.3 Å². The van der Waals surface area contributed by atoms with E-state index in [2.05, 4.69) is 18.7 Å². The fraction of sp³-hybridized carbons (Fsp3) is 1.00. The highest BCUT2D eigenvalue weighted by atomic mass is 15.1. The quantitative estimate of drug-likeness (QED) is 0.650. The van der Waals surface area contributed by atoms with E-state index in [1.54, 1.807) is 0 Å². The zero-order valence-electron chi connectivity index (χ0n) is 9.97. The van der Waals surface area contributed by atoms with Gasteiger partial charge in [0.05, 0.1) is 0 Å². The smallest absolute Gasteiger partial charge is 0.000703 e. The van der Waals surface area contributed by atoms with E-state index >= 15 is 0 Å². The average Bonchev–Trinajstić information content (AvgIpc) is 2.18. The summed E-state index contributed by atoms with van der Waals surface area (Å²) in [5, 5.41) is 0. The Morgan fingerprint density at radius 2 is 2.00 bits per heavy atom. The van der Waals surface area contributed by atoms with Crippen LogP contribution < -0.4 is 0 Å². The molecule has 1 unspecified atom stereocenters. The summed E-state index contributed by atoms with van der Waals surface area (Å²) in [6.07, 6.45) is 5.59. The molecule has 1 atom stereocenters. The largest absolute Gasteiger partial charge is 0.303 e. The third-order valence-corrected chi connectivity index (χ3v) is 2.57. The Hall–Kier alpha value is -0.0400. The molecule has 0 aromatic carbocycles. The van der Waals surface area contributed by atoms with Crippen LogP contribution in [0.4, 0.5) is 0 Å². The minimum atomic E-state index is 0.945. The molecule has 1 rings (SSSR count). The molecule has 0 radical (unpaired) electrons. The molecule has 0 bridgehead atoms. The number of hydrogen-bond acceptors (Lipinski definition) is 1. The van der Waals surface area contributed by atoms with Gasteiger partial charge < -0.3 is 4.90 Å². The average molecular weight is 185 g/mol. The first kappa shape index (κ1) is 13.0. The maximum atomic E-state index is 2.62. The van der Waals surface area contributed by atoms with Gasteiger partial charge >= 0.3 is 0 Å². The van der Waals surface area contributed by atoms with Crippen molar-refractivity contribution in [2.24, 2.45) is 5.92 Å². The van der Waals surface area contributed by atoms with Crippen molar-refractivity contribution in [2.75, 3.05) is 19.6 Å². The van der Waals surface area contributed by atoms with Crippen LogP contribution in [0.25, 0.3) is 0 Å². The SMILES string of the molecule is CC.CCCCN1CCCC(C)C1. The third-order valence-electron chi connectivity index (χ3n) is 2.57. The molecule has 0 aliphatic carbocycles. The molecule has 1 heteroatoms. The maximum Gasteiger partial charge on any atom is 0.000703 e. The topological polar surface area (TPSA) is 3.24 Å². The van der Waals surface area contributed by atoms with Gasteiger partial charge in [0.15, 0.2) is 0 Å². The number of hydrogen-bond donors (Lipinski definition) is 0. The van der Waals surface area contributed by atoms with Crippen molar-refractivity contribution in [1.29, 1.82) is 0 Å². The molecular formula is C12H27N. The summed E-state index contributed by atoms with van der Waals surface area (Å²) in [5.41, 5.74) is 0. The lowest BCUT2D eigenvalue weighted by atomic mass is 10.0. The minimum Gasteiger partial charge on any atom is -0.303 e. The van der Waals surface area contributed by atoms with E-state index < -0.39 is 0 Å². The van der Waals surface area contributed by atoms with Gasteiger partial charge in [-0.2, -0.15) is 0 Å². The molecule has 80 valence electrons. The molecule has 1 aliphatic rings. The van der Waals surface area contributed by atoms with Gasteiger partial charge in [-0.1, -0.05) is 34.1 Å². The molecule has 13 heavy (non-hydrogen) atoms. The van der Waals surface area contributed by atoms with E-state index in [-0.39, 0.29) is 0 Å². The highest BCUT2D eigenvalue weighted by molar-refractivity contribution is 4.69. The molecule has 0 amide bonds. The molecule has 0 N–H and O–H groups in total. The summed E-state index contributed by atoms with van der Waals surface area (Å²) in [4.78, 5) is 2.62. The molecule has 1 saturated heterocycles. The summed E-state index contributed by atoms with van der Waals surface area (Å²) >= 11 is 0. The fourth-order valence-electron chi connectivity index (χ4n) is 1.87. The van der Waals surface area contributed by atoms with Gasteiger partial charge in [-0.15, -0.1) is 0 Å². The predicted octanol–water partition coefficient (Wildman–Crippen LogP) is 3.54. The number of rotatable bonds is 3. The van der Waals surface area contributed by atoms with E-state index in [1.807, 2.05) is 13.8 Å². The van der Waals surface area contributed by atoms with Crippen LogP contribution in [-0.4, -0.2) is 24.5 Å². The summed E-state index contributed by atoms with van der Waals surface area (Å²) < 4.78 is 0. The molecule has 1 aliphatic heterocycles. The summed E-state index contributed by atoms with van der Waals surface area (Å²) in [5.74, 6) is 0.945. The Morgan fingerprint density at radius 1 is 1.31 bits per heavy atom. The van der Waals surface area contributed by atoms with Gasteiger partial charge in [0.2, 0.25) is 0 Å². The summed E-state index contributed by atoms with van der Waals surface area (Å²) in [6, 6.07) is 0. The van der Waals surface area contributed by atoms with Gasteiger partial charge in [0.25, 0.3) is 0 Å². The second kappa shape index (κ2) is 8.55. The number of nitrogens with zero attached hydrogens (tertiary/aromatic N) is 1. The van der Waals surface area contributed by atoms with Crippen molar-refractivity contribution in [3.63, 3.8) is 0 Å². The van der Waals surface area contributed by atoms with Gasteiger partial charge in [0, 0.05) is 6.54 Å². The molecule has 1 nitrogen and oxygen atoms in total. The van der Waals surface area contributed by atoms with Gasteiger partial charge in [-0.3, -0.25) is 0 Å². The van der Waals surface area contributed by atoms with Crippen LogP contribution in [0.5, 0.6) is 0 Å². The molecular weight excluding hydrogens is 158 g/mol. The van der Waals surface area contributed by atoms with Crippen LogP contribution in [0, 0.1) is 5.92 Å². The molecule has 0 aromatic heterocycles. The normalized spacial score (nSPS) is 23.5. The Balaban J connectivity index is 0.000000671. The highest BCUT2D eigenvalue weighted by Crippen LogP contribution is 2.15. The first-order valence-electron chi connectivity index (χ1n) is 6.05. The van der Waals surface area contributed by atoms with Crippen molar-refractivity contribution in [3.8, 4) is 0 Å². The van der Waals surface area contributed by atoms with Crippen LogP contribution in [0.2, 0.25) is 0 Å². The second-order valence-corrected chi connectivity index (χ2v) is 3.90. The van der Waals surface area contributed by atoms with Crippen LogP contribution in [0.3, 0.4) is 0 Å². The van der Waals surface area contributed by atoms with E-state index in [4.69, 9.17) is 0 Å². The molecule has 1 fully saturated rings. The highest BCUT2D eigenvalue weighted by Gasteiger charge is 2.14. The first-order chi connectivity index (χ1) is 6.33. The zero-order chi connectivity index (χ0) is 10.1. The first-order valence-corrected chi connectivity index (χ1v) is 6.05. The Labute approximate surface area is 84.5 Å². The van der Waals surface area contributed by atoms with Crippen molar-refractivity contribution in [1.82, 2.24) is 4.90 Å². The molecule has 1 heterocycles. The van der Waals surface area contributed by atoms with Crippen molar-refractivity contribution >= 4 is 0 Å². The fourth-order valence-corrected chi connectivity index (χ4v) is 1.87. The van der Waals surface area contributed by atoms with E-state index in [0.29, 0.717) is 0 Å². The predicted molar refractivity (Wildman–Crippen MR) is 61.1 cm³/mol. The lowest BCUT2D eigenvalue weighted by Gasteiger charge is -2.30. The number of likely N-dealkylation sites (tertiary alicyclic amines) is 1. The summed E-state index contributed by atoms with van der Waals surface area (Å²) in [6.45, 7) is 12.7. The molecule has 0 saturated carbocycles. The van der Waals surface area contributed by atoms with E-state index in [0.717, 1.165) is 5.92 Å². The molecule has 0 aromatic rings. The van der Waals surface area contributed by atoms with E-state index in [9.17, 15) is 0 Å². The van der Waals surface area contributed by atoms with E-state index in [1.165, 1.54) is 45.3 Å². The van der Waals surface area contributed by atoms with Crippen molar-refractivity contribution in [3.05, 3.63) is 0 Å².